The Morgan fingerprint density at radius 3 is 1.21 bits per heavy atom. The van der Waals surface area contributed by atoms with Crippen molar-refractivity contribution < 1.29 is 55.4 Å². The summed E-state index contributed by atoms with van der Waals surface area (Å²) >= 11 is 4.44. The van der Waals surface area contributed by atoms with Crippen molar-refractivity contribution >= 4 is 52.5 Å². The molecule has 0 aliphatic carbocycles. The van der Waals surface area contributed by atoms with Gasteiger partial charge in [0.05, 0.1) is 35.7 Å². The molecule has 4 aromatic carbocycles. The summed E-state index contributed by atoms with van der Waals surface area (Å²) in [7, 11) is 8.98. The van der Waals surface area contributed by atoms with Gasteiger partial charge in [0.15, 0.2) is 0 Å². The molecule has 6 aromatic rings. The van der Waals surface area contributed by atoms with Crippen LogP contribution in [0, 0.1) is 37.5 Å². The minimum atomic E-state index is -0.357. The van der Waals surface area contributed by atoms with Gasteiger partial charge in [0, 0.05) is 46.1 Å². The summed E-state index contributed by atoms with van der Waals surface area (Å²) in [6, 6.07) is 31.3. The Balaban J connectivity index is 0.000000276. The van der Waals surface area contributed by atoms with Crippen LogP contribution in [0.1, 0.15) is 73.4 Å². The molecular weight excluding hydrogens is 928 g/mol. The number of nitrogens with zero attached hydrogens (tertiary/aromatic N) is 2. The molecule has 0 fully saturated rings. The Morgan fingerprint density at radius 2 is 0.875 bits per heavy atom. The number of esters is 2. The van der Waals surface area contributed by atoms with E-state index in [1.54, 1.807) is 26.2 Å². The number of ether oxygens (including phenoxy) is 2. The van der Waals surface area contributed by atoms with Crippen LogP contribution in [0.25, 0.3) is 44.1 Å². The molecule has 0 aliphatic heterocycles. The molecule has 0 unspecified atom stereocenters. The monoisotopic (exact) mass is 970 g/mol. The van der Waals surface area contributed by atoms with Gasteiger partial charge < -0.3 is 9.47 Å². The average Bonchev–Trinajstić information content (AvgIpc) is 3.24. The first kappa shape index (κ1) is 46.9. The van der Waals surface area contributed by atoms with Gasteiger partial charge in [-0.05, 0) is 61.4 Å². The van der Waals surface area contributed by atoms with Crippen molar-refractivity contribution in [3.63, 3.8) is 0 Å². The van der Waals surface area contributed by atoms with Crippen LogP contribution in [0.2, 0.25) is 0 Å². The summed E-state index contributed by atoms with van der Waals surface area (Å²) in [6.45, 7) is 20.8. The van der Waals surface area contributed by atoms with Crippen molar-refractivity contribution in [2.24, 2.45) is 0 Å². The third kappa shape index (κ3) is 11.4. The fourth-order valence-corrected chi connectivity index (χ4v) is 6.00. The van der Waals surface area contributed by atoms with Crippen LogP contribution < -0.4 is 0 Å². The maximum absolute atomic E-state index is 12.8. The number of hydrogen-bond acceptors (Lipinski definition) is 6. The Hall–Kier alpha value is -3.46. The number of halogens is 2. The molecule has 0 atom stereocenters. The Kier molecular flexibility index (Phi) is 19.9. The number of aromatic nitrogens is 2. The number of benzene rings is 4. The molecule has 0 N–H and O–H groups in total. The summed E-state index contributed by atoms with van der Waals surface area (Å²) in [6.07, 6.45) is 3.60. The van der Waals surface area contributed by atoms with Gasteiger partial charge in [0.2, 0.25) is 0 Å². The fraction of sp³-hybridized carbons (Fsp3) is 0.174. The molecule has 6 radical (unpaired) electrons. The molecule has 0 aliphatic rings. The van der Waals surface area contributed by atoms with Crippen LogP contribution in [0.3, 0.4) is 0 Å². The molecule has 0 saturated heterocycles. The van der Waals surface area contributed by atoms with Crippen LogP contribution in [0.4, 0.5) is 0 Å². The fourth-order valence-electron chi connectivity index (χ4n) is 6.00. The zero-order valence-corrected chi connectivity index (χ0v) is 36.8. The second-order valence-electron chi connectivity index (χ2n) is 12.6. The third-order valence-electron chi connectivity index (χ3n) is 8.78. The standard InChI is InChI=1S/2C23H22NO2.2ClH.2Pd/c2*1-5-26-23(25)21-19-12-7-6-10-17(19)14-24-22(21)20-13-9-8-11-18(20)16(4)15(2)3;;;;/h2*6-14H,4-5H2,1-3H3;2*1H;;/q;;;;2*+2/p-2. The second kappa shape index (κ2) is 23.7. The molecule has 0 saturated carbocycles. The van der Waals surface area contributed by atoms with Crippen LogP contribution >= 0.6 is 19.1 Å². The van der Waals surface area contributed by atoms with Gasteiger partial charge in [0.25, 0.3) is 0 Å². The predicted molar refractivity (Wildman–Crippen MR) is 223 cm³/mol. The molecule has 10 heteroatoms. The summed E-state index contributed by atoms with van der Waals surface area (Å²) < 4.78 is 10.7. The predicted octanol–water partition coefficient (Wildman–Crippen LogP) is 12.3. The molecule has 56 heavy (non-hydrogen) atoms. The molecule has 0 amide bonds. The van der Waals surface area contributed by atoms with E-state index in [9.17, 15) is 9.59 Å². The molecular formula is C46H44Cl2N2O4Pd2+2. The first-order valence-electron chi connectivity index (χ1n) is 17.6. The zero-order chi connectivity index (χ0) is 41.4. The summed E-state index contributed by atoms with van der Waals surface area (Å²) in [5.74, 6) is 3.40. The van der Waals surface area contributed by atoms with Crippen LogP contribution in [-0.2, 0) is 45.8 Å². The van der Waals surface area contributed by atoms with E-state index in [-0.39, 0.29) is 11.9 Å². The molecule has 6 nitrogen and oxygen atoms in total. The maximum atomic E-state index is 12.8. The topological polar surface area (TPSA) is 78.4 Å². The van der Waals surface area contributed by atoms with Crippen LogP contribution in [-0.4, -0.2) is 35.1 Å². The second-order valence-corrected chi connectivity index (χ2v) is 12.6. The van der Waals surface area contributed by atoms with Gasteiger partial charge in [-0.15, -0.1) is 0 Å². The summed E-state index contributed by atoms with van der Waals surface area (Å²) in [5.41, 5.74) is 5.96. The number of rotatable bonds is 10. The van der Waals surface area contributed by atoms with E-state index in [4.69, 9.17) is 9.47 Å². The van der Waals surface area contributed by atoms with E-state index in [1.807, 2.05) is 125 Å². The molecule has 0 bridgehead atoms. The van der Waals surface area contributed by atoms with E-state index in [1.165, 1.54) is 0 Å². The molecule has 294 valence electrons. The number of carbonyl (C=O) groups excluding carboxylic acids is 2. The molecule has 2 aromatic heterocycles. The van der Waals surface area contributed by atoms with Gasteiger partial charge in [0.1, 0.15) is 0 Å². The Morgan fingerprint density at radius 1 is 0.554 bits per heavy atom. The van der Waals surface area contributed by atoms with Crippen LogP contribution in [0.15, 0.2) is 109 Å². The Bertz CT molecular complexity index is 2040. The zero-order valence-electron chi connectivity index (χ0n) is 32.1. The number of carbonyl (C=O) groups is 2. The SMILES string of the molecule is [CH2][C]([C](C)C)c1ccccc1-c1ncc2ccccc2c1C(=O)OCC.[CH2][C]([C](C)C)c1ccccc1-c1ncc2ccccc2c1C(=O)OCC.[Cl][Pd+].[Cl][Pd+]. The van der Waals surface area contributed by atoms with Gasteiger partial charge in [-0.2, -0.15) is 0 Å². The van der Waals surface area contributed by atoms with E-state index < -0.39 is 0 Å². The van der Waals surface area contributed by atoms with E-state index in [0.29, 0.717) is 35.7 Å². The van der Waals surface area contributed by atoms with E-state index in [2.05, 4.69) is 79.2 Å². The number of fused-ring (bicyclic) bond motifs is 2. The minimum absolute atomic E-state index is 0.317. The van der Waals surface area contributed by atoms with Crippen molar-refractivity contribution in [3.8, 4) is 22.5 Å². The van der Waals surface area contributed by atoms with Crippen molar-refractivity contribution in [1.29, 1.82) is 0 Å². The van der Waals surface area contributed by atoms with Gasteiger partial charge in [-0.3, -0.25) is 9.97 Å². The quantitative estimate of drug-likeness (QED) is 0.101. The van der Waals surface area contributed by atoms with E-state index >= 15 is 0 Å². The summed E-state index contributed by atoms with van der Waals surface area (Å²) in [4.78, 5) is 34.8. The first-order chi connectivity index (χ1) is 27.1. The van der Waals surface area contributed by atoms with Gasteiger partial charge in [-0.25, -0.2) is 9.59 Å². The van der Waals surface area contributed by atoms with Crippen LogP contribution in [0.5, 0.6) is 0 Å². The van der Waals surface area contributed by atoms with E-state index in [0.717, 1.165) is 67.5 Å². The van der Waals surface area contributed by atoms with Gasteiger partial charge >= 0.3 is 67.4 Å². The van der Waals surface area contributed by atoms with Crippen molar-refractivity contribution in [2.75, 3.05) is 13.2 Å². The molecule has 0 spiro atoms. The third-order valence-corrected chi connectivity index (χ3v) is 8.78. The average molecular weight is 973 g/mol. The Labute approximate surface area is 361 Å². The van der Waals surface area contributed by atoms with Gasteiger partial charge in [-0.1, -0.05) is 125 Å². The van der Waals surface area contributed by atoms with Crippen molar-refractivity contribution in [3.05, 3.63) is 169 Å². The number of hydrogen-bond donors (Lipinski definition) is 0. The summed E-state index contributed by atoms with van der Waals surface area (Å²) in [5, 5.41) is 3.50. The first-order valence-corrected chi connectivity index (χ1v) is 21.6. The molecule has 2 heterocycles. The van der Waals surface area contributed by atoms with Crippen molar-refractivity contribution in [2.45, 2.75) is 41.5 Å². The molecule has 6 rings (SSSR count). The number of pyridine rings is 2. The normalized spacial score (nSPS) is 10.8. The van der Waals surface area contributed by atoms with Crippen molar-refractivity contribution in [1.82, 2.24) is 9.97 Å².